The number of allylic oxidation sites excluding steroid dienone is 1. The number of benzene rings is 2. The number of para-hydroxylation sites is 1. The van der Waals surface area contributed by atoms with Gasteiger partial charge in [-0.15, -0.1) is 0 Å². The Morgan fingerprint density at radius 1 is 0.900 bits per heavy atom. The summed E-state index contributed by atoms with van der Waals surface area (Å²) in [5, 5.41) is 9.11. The molecular weight excluding hydrogens is 520 g/mol. The second-order valence-corrected chi connectivity index (χ2v) is 11.4. The highest BCUT2D eigenvalue weighted by Gasteiger charge is 2.34. The van der Waals surface area contributed by atoms with Crippen molar-refractivity contribution in [3.8, 4) is 5.75 Å². The maximum atomic E-state index is 11.7. The molecule has 2 rings (SSSR count). The van der Waals surface area contributed by atoms with Crippen LogP contribution in [0.5, 0.6) is 5.75 Å². The number of Topliss-reactive ketones (excluding diaryl/α,β-unsaturated/α-hetero) is 2. The number of ether oxygens (including phenoxy) is 1. The molecule has 1 N–H and O–H groups in total. The number of thioether (sulfide) groups is 1. The molecule has 0 aliphatic heterocycles. The van der Waals surface area contributed by atoms with Gasteiger partial charge in [0, 0.05) is 11.8 Å². The lowest BCUT2D eigenvalue weighted by Crippen LogP contribution is -2.35. The second-order valence-electron chi connectivity index (χ2n) is 10.1. The van der Waals surface area contributed by atoms with Crippen molar-refractivity contribution in [2.45, 2.75) is 106 Å². The molecule has 0 saturated carbocycles. The van der Waals surface area contributed by atoms with Crippen LogP contribution in [-0.2, 0) is 25.5 Å². The zero-order chi connectivity index (χ0) is 31.3. The topological polar surface area (TPSA) is 80.7 Å². The van der Waals surface area contributed by atoms with E-state index in [-0.39, 0.29) is 24.1 Å². The molecule has 6 heteroatoms. The van der Waals surface area contributed by atoms with Gasteiger partial charge in [0.25, 0.3) is 0 Å². The van der Waals surface area contributed by atoms with Crippen LogP contribution in [0.2, 0.25) is 0 Å². The van der Waals surface area contributed by atoms with Gasteiger partial charge in [-0.2, -0.15) is 0 Å². The number of aromatic hydroxyl groups is 1. The molecule has 0 aliphatic rings. The third kappa shape index (κ3) is 18.4. The number of aryl methyl sites for hydroxylation is 3. The molecule has 40 heavy (non-hydrogen) atoms. The highest BCUT2D eigenvalue weighted by Crippen LogP contribution is 2.31. The Morgan fingerprint density at radius 2 is 1.43 bits per heavy atom. The molecule has 2 aromatic carbocycles. The number of carbonyl (C=O) groups excluding carboxylic acids is 3. The largest absolute Gasteiger partial charge is 0.508 e. The molecule has 0 aromatic heterocycles. The zero-order valence-corrected chi connectivity index (χ0v) is 27.3. The molecule has 0 atom stereocenters. The van der Waals surface area contributed by atoms with Crippen LogP contribution in [0.3, 0.4) is 0 Å². The Hall–Kier alpha value is -2.86. The van der Waals surface area contributed by atoms with Crippen LogP contribution in [-0.4, -0.2) is 29.2 Å². The fourth-order valence-electron chi connectivity index (χ4n) is 3.73. The van der Waals surface area contributed by atoms with E-state index < -0.39 is 5.41 Å². The van der Waals surface area contributed by atoms with E-state index in [1.165, 1.54) is 36.8 Å². The van der Waals surface area contributed by atoms with Crippen molar-refractivity contribution in [2.24, 2.45) is 5.41 Å². The summed E-state index contributed by atoms with van der Waals surface area (Å²) < 4.78 is 5.01. The Morgan fingerprint density at radius 3 is 1.80 bits per heavy atom. The molecule has 0 amide bonds. The Labute approximate surface area is 247 Å². The fourth-order valence-corrected chi connectivity index (χ4v) is 4.58. The SMILES string of the molecule is C=C(C)Sc1cc(C)ccc1C.CC(C)=O.CCCC(CCC)(COC(C)=O)C(C)=O.CCc1ccccc1O. The third-order valence-corrected chi connectivity index (χ3v) is 6.76. The third-order valence-electron chi connectivity index (χ3n) is 5.76. The number of ketones is 2. The van der Waals surface area contributed by atoms with E-state index in [0.717, 1.165) is 42.6 Å². The Bertz CT molecular complexity index is 1050. The van der Waals surface area contributed by atoms with Gasteiger partial charge in [-0.25, -0.2) is 0 Å². The molecule has 0 bridgehead atoms. The Balaban J connectivity index is 0. The second kappa shape index (κ2) is 21.9. The van der Waals surface area contributed by atoms with Crippen LogP contribution in [0.25, 0.3) is 0 Å². The van der Waals surface area contributed by atoms with Crippen molar-refractivity contribution >= 4 is 29.3 Å². The van der Waals surface area contributed by atoms with E-state index in [4.69, 9.17) is 9.84 Å². The summed E-state index contributed by atoms with van der Waals surface area (Å²) in [6.07, 6.45) is 4.35. The average Bonchev–Trinajstić information content (AvgIpc) is 2.85. The number of phenolic OH excluding ortho intramolecular Hbond substituents is 1. The first kappa shape index (κ1) is 39.3. The number of phenols is 1. The van der Waals surface area contributed by atoms with Crippen LogP contribution in [0.4, 0.5) is 0 Å². The highest BCUT2D eigenvalue weighted by molar-refractivity contribution is 8.03. The predicted octanol–water partition coefficient (Wildman–Crippen LogP) is 9.20. The number of hydrogen-bond donors (Lipinski definition) is 1. The Kier molecular flexibility index (Phi) is 21.5. The fraction of sp³-hybridized carbons (Fsp3) is 0.500. The minimum absolute atomic E-state index is 0.132. The van der Waals surface area contributed by atoms with Crippen molar-refractivity contribution in [3.05, 3.63) is 70.6 Å². The van der Waals surface area contributed by atoms with E-state index in [2.05, 4.69) is 38.6 Å². The number of rotatable bonds is 10. The summed E-state index contributed by atoms with van der Waals surface area (Å²) in [7, 11) is 0. The van der Waals surface area contributed by atoms with Gasteiger partial charge < -0.3 is 14.6 Å². The molecule has 0 unspecified atom stereocenters. The highest BCUT2D eigenvalue weighted by atomic mass is 32.2. The summed E-state index contributed by atoms with van der Waals surface area (Å²) in [4.78, 5) is 34.4. The average molecular weight is 573 g/mol. The first-order chi connectivity index (χ1) is 18.6. The van der Waals surface area contributed by atoms with E-state index in [9.17, 15) is 14.4 Å². The van der Waals surface area contributed by atoms with E-state index in [1.54, 1.807) is 24.8 Å². The van der Waals surface area contributed by atoms with Crippen LogP contribution < -0.4 is 0 Å². The summed E-state index contributed by atoms with van der Waals surface area (Å²) in [5.74, 6) is 0.389. The van der Waals surface area contributed by atoms with Crippen LogP contribution in [0.1, 0.15) is 97.8 Å². The molecule has 0 aliphatic carbocycles. The lowest BCUT2D eigenvalue weighted by molar-refractivity contribution is -0.148. The van der Waals surface area contributed by atoms with Gasteiger partial charge in [0.15, 0.2) is 0 Å². The molecule has 2 aromatic rings. The normalized spacial score (nSPS) is 9.95. The molecule has 0 saturated heterocycles. The maximum Gasteiger partial charge on any atom is 0.302 e. The van der Waals surface area contributed by atoms with Gasteiger partial charge in [0.1, 0.15) is 23.9 Å². The molecule has 0 fully saturated rings. The molecule has 224 valence electrons. The molecular formula is C34H52O5S. The zero-order valence-electron chi connectivity index (χ0n) is 26.5. The summed E-state index contributed by atoms with van der Waals surface area (Å²) in [6.45, 7) is 22.5. The quantitative estimate of drug-likeness (QED) is 0.226. The van der Waals surface area contributed by atoms with E-state index in [1.807, 2.05) is 45.9 Å². The van der Waals surface area contributed by atoms with Gasteiger partial charge >= 0.3 is 5.97 Å². The van der Waals surface area contributed by atoms with E-state index in [0.29, 0.717) is 5.75 Å². The predicted molar refractivity (Wildman–Crippen MR) is 170 cm³/mol. The van der Waals surface area contributed by atoms with Crippen molar-refractivity contribution < 1.29 is 24.2 Å². The van der Waals surface area contributed by atoms with Gasteiger partial charge in [-0.1, -0.05) is 82.3 Å². The minimum Gasteiger partial charge on any atom is -0.508 e. The monoisotopic (exact) mass is 572 g/mol. The van der Waals surface area contributed by atoms with E-state index >= 15 is 0 Å². The summed E-state index contributed by atoms with van der Waals surface area (Å²) in [6, 6.07) is 13.9. The molecule has 0 heterocycles. The first-order valence-electron chi connectivity index (χ1n) is 13.9. The van der Waals surface area contributed by atoms with Crippen molar-refractivity contribution in [1.82, 2.24) is 0 Å². The molecule has 0 spiro atoms. The lowest BCUT2D eigenvalue weighted by Gasteiger charge is -2.29. The number of esters is 1. The van der Waals surface area contributed by atoms with Crippen LogP contribution in [0.15, 0.2) is 58.8 Å². The van der Waals surface area contributed by atoms with Crippen molar-refractivity contribution in [3.63, 3.8) is 0 Å². The van der Waals surface area contributed by atoms with Crippen LogP contribution in [0, 0.1) is 19.3 Å². The van der Waals surface area contributed by atoms with Gasteiger partial charge in [-0.3, -0.25) is 9.59 Å². The van der Waals surface area contributed by atoms with Crippen molar-refractivity contribution in [2.75, 3.05) is 6.61 Å². The summed E-state index contributed by atoms with van der Waals surface area (Å²) >= 11 is 1.74. The van der Waals surface area contributed by atoms with Crippen LogP contribution >= 0.6 is 11.8 Å². The molecule has 0 radical (unpaired) electrons. The number of carbonyl (C=O) groups is 3. The first-order valence-corrected chi connectivity index (χ1v) is 14.8. The van der Waals surface area contributed by atoms with Gasteiger partial charge in [0.05, 0.1) is 5.41 Å². The number of hydrogen-bond acceptors (Lipinski definition) is 6. The standard InChI is InChI=1S/C12H22O3.C11H14S.C8H10O.C3H6O/c1-5-7-12(8-6-2,10(3)13)9-15-11(4)14;1-8(2)12-11-7-9(3)5-6-10(11)4;1-2-7-5-3-4-6-8(7)9;1-3(2)4/h5-9H2,1-4H3;5-7H,1H2,2-4H3;3-6,9H,2H2,1H3;1-2H3. The smallest absolute Gasteiger partial charge is 0.302 e. The van der Waals surface area contributed by atoms with Crippen molar-refractivity contribution in [1.29, 1.82) is 0 Å². The molecule has 5 nitrogen and oxygen atoms in total. The minimum atomic E-state index is -0.449. The van der Waals surface area contributed by atoms with Gasteiger partial charge in [0.2, 0.25) is 0 Å². The maximum absolute atomic E-state index is 11.7. The lowest BCUT2D eigenvalue weighted by atomic mass is 9.77. The van der Waals surface area contributed by atoms with Gasteiger partial charge in [-0.05, 0) is 94.5 Å². The summed E-state index contributed by atoms with van der Waals surface area (Å²) in [5.41, 5.74) is 3.20.